The van der Waals surface area contributed by atoms with Crippen molar-refractivity contribution in [3.63, 3.8) is 0 Å². The van der Waals surface area contributed by atoms with Gasteiger partial charge < -0.3 is 10.4 Å². The average Bonchev–Trinajstić information content (AvgIpc) is 2.32. The van der Waals surface area contributed by atoms with Gasteiger partial charge >= 0.3 is 5.97 Å². The van der Waals surface area contributed by atoms with Gasteiger partial charge in [0.15, 0.2) is 0 Å². The van der Waals surface area contributed by atoms with E-state index in [1.807, 2.05) is 24.3 Å². The predicted octanol–water partition coefficient (Wildman–Crippen LogP) is 4.39. The Balaban J connectivity index is 2.35. The van der Waals surface area contributed by atoms with Gasteiger partial charge in [0.25, 0.3) is 0 Å². The summed E-state index contributed by atoms with van der Waals surface area (Å²) in [6, 6.07) is 12.3. The molecule has 0 aliphatic heterocycles. The van der Waals surface area contributed by atoms with Crippen LogP contribution in [0.3, 0.4) is 0 Å². The second-order valence-corrected chi connectivity index (χ2v) is 5.31. The van der Waals surface area contributed by atoms with Crippen LogP contribution in [0, 0.1) is 3.57 Å². The summed E-state index contributed by atoms with van der Waals surface area (Å²) in [6.07, 6.45) is 0. The minimum Gasteiger partial charge on any atom is -0.478 e. The number of rotatable bonds is 3. The van der Waals surface area contributed by atoms with Crippen LogP contribution in [0.2, 0.25) is 5.02 Å². The molecule has 3 nitrogen and oxygen atoms in total. The molecule has 0 bridgehead atoms. The topological polar surface area (TPSA) is 49.3 Å². The first kappa shape index (κ1) is 13.2. The van der Waals surface area contributed by atoms with Crippen molar-refractivity contribution >= 4 is 51.5 Å². The molecule has 92 valence electrons. The van der Waals surface area contributed by atoms with E-state index < -0.39 is 5.97 Å². The highest BCUT2D eigenvalue weighted by molar-refractivity contribution is 14.1. The van der Waals surface area contributed by atoms with Crippen molar-refractivity contribution in [1.29, 1.82) is 0 Å². The van der Waals surface area contributed by atoms with E-state index >= 15 is 0 Å². The van der Waals surface area contributed by atoms with Gasteiger partial charge in [0.1, 0.15) is 0 Å². The first-order valence-corrected chi connectivity index (χ1v) is 6.57. The summed E-state index contributed by atoms with van der Waals surface area (Å²) in [5.41, 5.74) is 1.49. The highest BCUT2D eigenvalue weighted by Gasteiger charge is 2.10. The van der Waals surface area contributed by atoms with Crippen LogP contribution < -0.4 is 5.32 Å². The lowest BCUT2D eigenvalue weighted by Gasteiger charge is -2.10. The highest BCUT2D eigenvalue weighted by atomic mass is 127. The van der Waals surface area contributed by atoms with Gasteiger partial charge in [-0.1, -0.05) is 11.6 Å². The Morgan fingerprint density at radius 2 is 1.83 bits per heavy atom. The Morgan fingerprint density at radius 1 is 1.17 bits per heavy atom. The Labute approximate surface area is 123 Å². The lowest BCUT2D eigenvalue weighted by atomic mass is 10.1. The number of anilines is 2. The van der Waals surface area contributed by atoms with Crippen molar-refractivity contribution in [2.45, 2.75) is 0 Å². The number of benzene rings is 2. The molecule has 2 aromatic rings. The van der Waals surface area contributed by atoms with Crippen LogP contribution in [0.1, 0.15) is 10.4 Å². The largest absolute Gasteiger partial charge is 0.478 e. The van der Waals surface area contributed by atoms with E-state index in [-0.39, 0.29) is 5.56 Å². The molecule has 0 saturated carbocycles. The Morgan fingerprint density at radius 3 is 2.44 bits per heavy atom. The zero-order chi connectivity index (χ0) is 13.1. The van der Waals surface area contributed by atoms with Crippen molar-refractivity contribution in [2.24, 2.45) is 0 Å². The molecule has 0 aliphatic rings. The average molecular weight is 374 g/mol. The third kappa shape index (κ3) is 3.14. The molecule has 0 atom stereocenters. The summed E-state index contributed by atoms with van der Waals surface area (Å²) in [6.45, 7) is 0. The fourth-order valence-corrected chi connectivity index (χ4v) is 2.03. The molecule has 5 heteroatoms. The van der Waals surface area contributed by atoms with Gasteiger partial charge in [-0.05, 0) is 65.1 Å². The third-order valence-corrected chi connectivity index (χ3v) is 3.29. The smallest absolute Gasteiger partial charge is 0.337 e. The van der Waals surface area contributed by atoms with E-state index in [1.165, 1.54) is 6.07 Å². The SMILES string of the molecule is O=C(O)c1ccc(Cl)cc1Nc1ccc(I)cc1. The zero-order valence-electron chi connectivity index (χ0n) is 9.15. The molecule has 0 amide bonds. The summed E-state index contributed by atoms with van der Waals surface area (Å²) in [7, 11) is 0. The lowest BCUT2D eigenvalue weighted by molar-refractivity contribution is 0.0698. The predicted molar refractivity (Wildman–Crippen MR) is 80.9 cm³/mol. The lowest BCUT2D eigenvalue weighted by Crippen LogP contribution is -2.02. The van der Waals surface area contributed by atoms with Crippen LogP contribution in [0.5, 0.6) is 0 Å². The minimum absolute atomic E-state index is 0.193. The highest BCUT2D eigenvalue weighted by Crippen LogP contribution is 2.25. The van der Waals surface area contributed by atoms with E-state index in [9.17, 15) is 4.79 Å². The van der Waals surface area contributed by atoms with Crippen molar-refractivity contribution in [2.75, 3.05) is 5.32 Å². The van der Waals surface area contributed by atoms with Gasteiger partial charge in [-0.2, -0.15) is 0 Å². The zero-order valence-corrected chi connectivity index (χ0v) is 12.1. The fourth-order valence-electron chi connectivity index (χ4n) is 1.50. The van der Waals surface area contributed by atoms with E-state index in [2.05, 4.69) is 27.9 Å². The normalized spacial score (nSPS) is 10.1. The Bertz CT molecular complexity index is 584. The molecule has 18 heavy (non-hydrogen) atoms. The van der Waals surface area contributed by atoms with Crippen molar-refractivity contribution in [3.05, 3.63) is 56.6 Å². The second-order valence-electron chi connectivity index (χ2n) is 3.63. The fraction of sp³-hybridized carbons (Fsp3) is 0. The number of carboxylic acid groups (broad SMARTS) is 1. The van der Waals surface area contributed by atoms with E-state index in [4.69, 9.17) is 16.7 Å². The van der Waals surface area contributed by atoms with Crippen LogP contribution in [0.15, 0.2) is 42.5 Å². The van der Waals surface area contributed by atoms with Gasteiger partial charge in [0.2, 0.25) is 0 Å². The molecule has 0 saturated heterocycles. The van der Waals surface area contributed by atoms with Crippen LogP contribution in [0.4, 0.5) is 11.4 Å². The van der Waals surface area contributed by atoms with Crippen molar-refractivity contribution in [3.8, 4) is 0 Å². The van der Waals surface area contributed by atoms with Gasteiger partial charge in [0.05, 0.1) is 11.3 Å². The molecular formula is C13H9ClINO2. The molecule has 0 spiro atoms. The van der Waals surface area contributed by atoms with Gasteiger partial charge in [0, 0.05) is 14.3 Å². The summed E-state index contributed by atoms with van der Waals surface area (Å²) in [4.78, 5) is 11.1. The Kier molecular flexibility index (Phi) is 4.08. The number of halogens is 2. The van der Waals surface area contributed by atoms with Gasteiger partial charge in [-0.25, -0.2) is 4.79 Å². The molecule has 0 unspecified atom stereocenters. The molecule has 0 heterocycles. The third-order valence-electron chi connectivity index (χ3n) is 2.34. The minimum atomic E-state index is -0.986. The molecule has 0 fully saturated rings. The molecule has 0 aliphatic carbocycles. The monoisotopic (exact) mass is 373 g/mol. The van der Waals surface area contributed by atoms with E-state index in [0.29, 0.717) is 10.7 Å². The molecule has 0 radical (unpaired) electrons. The molecule has 0 aromatic heterocycles. The summed E-state index contributed by atoms with van der Waals surface area (Å²) < 4.78 is 1.11. The molecule has 2 aromatic carbocycles. The Hall–Kier alpha value is -1.27. The molecule has 2 N–H and O–H groups in total. The number of carboxylic acids is 1. The quantitative estimate of drug-likeness (QED) is 0.785. The number of hydrogen-bond acceptors (Lipinski definition) is 2. The summed E-state index contributed by atoms with van der Waals surface area (Å²) >= 11 is 8.09. The number of nitrogens with one attached hydrogen (secondary N) is 1. The second kappa shape index (κ2) is 5.58. The molecular weight excluding hydrogens is 365 g/mol. The van der Waals surface area contributed by atoms with E-state index in [0.717, 1.165) is 9.26 Å². The van der Waals surface area contributed by atoms with Crippen molar-refractivity contribution < 1.29 is 9.90 Å². The van der Waals surface area contributed by atoms with Crippen LogP contribution in [-0.4, -0.2) is 11.1 Å². The molecule has 2 rings (SSSR count). The maximum Gasteiger partial charge on any atom is 0.337 e. The van der Waals surface area contributed by atoms with Crippen molar-refractivity contribution in [1.82, 2.24) is 0 Å². The maximum atomic E-state index is 11.1. The maximum absolute atomic E-state index is 11.1. The van der Waals surface area contributed by atoms with Crippen LogP contribution in [-0.2, 0) is 0 Å². The summed E-state index contributed by atoms with van der Waals surface area (Å²) in [5, 5.41) is 12.6. The first-order valence-electron chi connectivity index (χ1n) is 5.12. The number of aromatic carboxylic acids is 1. The summed E-state index contributed by atoms with van der Waals surface area (Å²) in [5.74, 6) is -0.986. The standard InChI is InChI=1S/C13H9ClINO2/c14-8-1-6-11(13(17)18)12(7-8)16-10-4-2-9(15)3-5-10/h1-7,16H,(H,17,18). The van der Waals surface area contributed by atoms with Crippen LogP contribution in [0.25, 0.3) is 0 Å². The van der Waals surface area contributed by atoms with Gasteiger partial charge in [-0.3, -0.25) is 0 Å². The van der Waals surface area contributed by atoms with E-state index in [1.54, 1.807) is 12.1 Å². The first-order chi connectivity index (χ1) is 8.56. The number of carbonyl (C=O) groups is 1. The van der Waals surface area contributed by atoms with Gasteiger partial charge in [-0.15, -0.1) is 0 Å². The number of hydrogen-bond donors (Lipinski definition) is 2. The van der Waals surface area contributed by atoms with Crippen LogP contribution >= 0.6 is 34.2 Å².